The van der Waals surface area contributed by atoms with Crippen LogP contribution in [0.5, 0.6) is 0 Å². The first-order valence-corrected chi connectivity index (χ1v) is 6.85. The van der Waals surface area contributed by atoms with Crippen LogP contribution in [0.2, 0.25) is 0 Å². The monoisotopic (exact) mass is 252 g/mol. The SMILES string of the molecule is C#Cc1cc(C)ccc1C#CC1(OC)CCCCC1. The van der Waals surface area contributed by atoms with Gasteiger partial charge in [-0.15, -0.1) is 6.42 Å². The topological polar surface area (TPSA) is 9.23 Å². The summed E-state index contributed by atoms with van der Waals surface area (Å²) >= 11 is 0. The van der Waals surface area contributed by atoms with Gasteiger partial charge in [0.25, 0.3) is 0 Å². The molecule has 1 aromatic rings. The molecule has 0 saturated heterocycles. The van der Waals surface area contributed by atoms with E-state index in [2.05, 4.69) is 17.8 Å². The normalized spacial score (nSPS) is 17.1. The van der Waals surface area contributed by atoms with Gasteiger partial charge in [0.1, 0.15) is 5.60 Å². The summed E-state index contributed by atoms with van der Waals surface area (Å²) in [4.78, 5) is 0. The van der Waals surface area contributed by atoms with Gasteiger partial charge < -0.3 is 4.74 Å². The van der Waals surface area contributed by atoms with Gasteiger partial charge in [0.15, 0.2) is 0 Å². The zero-order valence-electron chi connectivity index (χ0n) is 11.8. The van der Waals surface area contributed by atoms with Crippen LogP contribution in [0, 0.1) is 31.1 Å². The fourth-order valence-electron chi connectivity index (χ4n) is 2.57. The van der Waals surface area contributed by atoms with Crippen molar-refractivity contribution in [1.29, 1.82) is 0 Å². The minimum atomic E-state index is -0.269. The Hall–Kier alpha value is -1.70. The molecule has 1 nitrogen and oxygen atoms in total. The van der Waals surface area contributed by atoms with Gasteiger partial charge in [-0.2, -0.15) is 0 Å². The Balaban J connectivity index is 2.30. The highest BCUT2D eigenvalue weighted by molar-refractivity contribution is 5.51. The van der Waals surface area contributed by atoms with Crippen molar-refractivity contribution in [3.05, 3.63) is 34.9 Å². The molecule has 2 rings (SSSR count). The number of methoxy groups -OCH3 is 1. The highest BCUT2D eigenvalue weighted by atomic mass is 16.5. The fourth-order valence-corrected chi connectivity index (χ4v) is 2.57. The first kappa shape index (κ1) is 13.7. The van der Waals surface area contributed by atoms with Crippen LogP contribution in [0.4, 0.5) is 0 Å². The average molecular weight is 252 g/mol. The zero-order valence-corrected chi connectivity index (χ0v) is 11.8. The lowest BCUT2D eigenvalue weighted by Gasteiger charge is -2.30. The van der Waals surface area contributed by atoms with Gasteiger partial charge in [-0.3, -0.25) is 0 Å². The number of aryl methyl sites for hydroxylation is 1. The quantitative estimate of drug-likeness (QED) is 0.693. The Morgan fingerprint density at radius 3 is 2.53 bits per heavy atom. The Bertz CT molecular complexity index is 545. The van der Waals surface area contributed by atoms with Crippen LogP contribution in [0.3, 0.4) is 0 Å². The van der Waals surface area contributed by atoms with Crippen molar-refractivity contribution >= 4 is 0 Å². The second-order valence-corrected chi connectivity index (χ2v) is 5.20. The molecule has 98 valence electrons. The van der Waals surface area contributed by atoms with Crippen LogP contribution in [0.15, 0.2) is 18.2 Å². The maximum absolute atomic E-state index is 5.67. The van der Waals surface area contributed by atoms with Crippen LogP contribution in [0.1, 0.15) is 48.8 Å². The first-order chi connectivity index (χ1) is 9.19. The molecule has 0 N–H and O–H groups in total. The minimum Gasteiger partial charge on any atom is -0.366 e. The molecular weight excluding hydrogens is 232 g/mol. The highest BCUT2D eigenvalue weighted by Crippen LogP contribution is 2.30. The summed E-state index contributed by atoms with van der Waals surface area (Å²) in [5, 5.41) is 0. The molecule has 1 aliphatic rings. The van der Waals surface area contributed by atoms with Gasteiger partial charge >= 0.3 is 0 Å². The van der Waals surface area contributed by atoms with E-state index in [-0.39, 0.29) is 5.60 Å². The van der Waals surface area contributed by atoms with E-state index < -0.39 is 0 Å². The molecule has 0 spiro atoms. The van der Waals surface area contributed by atoms with E-state index >= 15 is 0 Å². The molecule has 0 aromatic heterocycles. The predicted molar refractivity (Wildman–Crippen MR) is 78.8 cm³/mol. The summed E-state index contributed by atoms with van der Waals surface area (Å²) in [6.45, 7) is 2.04. The Kier molecular flexibility index (Phi) is 4.31. The van der Waals surface area contributed by atoms with Crippen molar-refractivity contribution in [3.63, 3.8) is 0 Å². The number of rotatable bonds is 1. The molecule has 0 atom stereocenters. The molecule has 0 aliphatic heterocycles. The van der Waals surface area contributed by atoms with Crippen LogP contribution in [-0.2, 0) is 4.74 Å². The van der Waals surface area contributed by atoms with E-state index in [1.807, 2.05) is 25.1 Å². The van der Waals surface area contributed by atoms with Crippen molar-refractivity contribution in [2.75, 3.05) is 7.11 Å². The third-order valence-corrected chi connectivity index (χ3v) is 3.81. The van der Waals surface area contributed by atoms with Gasteiger partial charge in [0.05, 0.1) is 0 Å². The van der Waals surface area contributed by atoms with Gasteiger partial charge in [0.2, 0.25) is 0 Å². The Morgan fingerprint density at radius 2 is 1.89 bits per heavy atom. The molecule has 1 saturated carbocycles. The average Bonchev–Trinajstić information content (AvgIpc) is 2.47. The lowest BCUT2D eigenvalue weighted by molar-refractivity contribution is 0.0104. The smallest absolute Gasteiger partial charge is 0.128 e. The molecule has 0 bridgehead atoms. The summed E-state index contributed by atoms with van der Waals surface area (Å²) in [6.07, 6.45) is 11.3. The number of benzene rings is 1. The summed E-state index contributed by atoms with van der Waals surface area (Å²) in [5.41, 5.74) is 2.69. The van der Waals surface area contributed by atoms with Crippen molar-refractivity contribution < 1.29 is 4.74 Å². The van der Waals surface area contributed by atoms with E-state index in [0.29, 0.717) is 0 Å². The molecule has 1 fully saturated rings. The van der Waals surface area contributed by atoms with Crippen LogP contribution in [-0.4, -0.2) is 12.7 Å². The van der Waals surface area contributed by atoms with Crippen LogP contribution < -0.4 is 0 Å². The fraction of sp³-hybridized carbons (Fsp3) is 0.444. The van der Waals surface area contributed by atoms with Gasteiger partial charge in [-0.25, -0.2) is 0 Å². The zero-order chi connectivity index (χ0) is 13.7. The van der Waals surface area contributed by atoms with Gasteiger partial charge in [0, 0.05) is 18.2 Å². The standard InChI is InChI=1S/C18H20O/c1-4-16-14-15(2)8-9-17(16)10-13-18(19-3)11-6-5-7-12-18/h1,8-9,14H,5-7,11-12H2,2-3H3. The number of terminal acetylenes is 1. The van der Waals surface area contributed by atoms with E-state index in [1.165, 1.54) is 19.3 Å². The molecule has 0 unspecified atom stereocenters. The van der Waals surface area contributed by atoms with Crippen molar-refractivity contribution in [2.45, 2.75) is 44.6 Å². The number of hydrogen-bond acceptors (Lipinski definition) is 1. The van der Waals surface area contributed by atoms with Crippen molar-refractivity contribution in [3.8, 4) is 24.2 Å². The number of ether oxygens (including phenoxy) is 1. The van der Waals surface area contributed by atoms with Crippen LogP contribution >= 0.6 is 0 Å². The lowest BCUT2D eigenvalue weighted by Crippen LogP contribution is -2.32. The van der Waals surface area contributed by atoms with E-state index in [0.717, 1.165) is 29.5 Å². The lowest BCUT2D eigenvalue weighted by atomic mass is 9.85. The highest BCUT2D eigenvalue weighted by Gasteiger charge is 2.29. The van der Waals surface area contributed by atoms with E-state index in [4.69, 9.17) is 11.2 Å². The Morgan fingerprint density at radius 1 is 1.16 bits per heavy atom. The van der Waals surface area contributed by atoms with Gasteiger partial charge in [-0.05, 0) is 50.3 Å². The molecular formula is C18H20O. The molecule has 0 amide bonds. The molecule has 1 heteroatoms. The van der Waals surface area contributed by atoms with Gasteiger partial charge in [-0.1, -0.05) is 30.2 Å². The summed E-state index contributed by atoms with van der Waals surface area (Å²) in [7, 11) is 1.76. The van der Waals surface area contributed by atoms with Crippen LogP contribution in [0.25, 0.3) is 0 Å². The first-order valence-electron chi connectivity index (χ1n) is 6.85. The summed E-state index contributed by atoms with van der Waals surface area (Å²) in [6, 6.07) is 6.05. The van der Waals surface area contributed by atoms with E-state index in [9.17, 15) is 0 Å². The molecule has 0 radical (unpaired) electrons. The second kappa shape index (κ2) is 5.96. The van der Waals surface area contributed by atoms with E-state index in [1.54, 1.807) is 7.11 Å². The van der Waals surface area contributed by atoms with Crippen molar-refractivity contribution in [2.24, 2.45) is 0 Å². The summed E-state index contributed by atoms with van der Waals surface area (Å²) < 4.78 is 5.67. The maximum atomic E-state index is 5.67. The minimum absolute atomic E-state index is 0.269. The second-order valence-electron chi connectivity index (χ2n) is 5.20. The molecule has 0 heterocycles. The largest absolute Gasteiger partial charge is 0.366 e. The molecule has 19 heavy (non-hydrogen) atoms. The molecule has 1 aromatic carbocycles. The summed E-state index contributed by atoms with van der Waals surface area (Å²) in [5.74, 6) is 9.27. The third kappa shape index (κ3) is 3.19. The van der Waals surface area contributed by atoms with Crippen molar-refractivity contribution in [1.82, 2.24) is 0 Å². The number of hydrogen-bond donors (Lipinski definition) is 0. The molecule has 1 aliphatic carbocycles. The third-order valence-electron chi connectivity index (χ3n) is 3.81. The Labute approximate surface area is 116 Å². The maximum Gasteiger partial charge on any atom is 0.128 e. The predicted octanol–water partition coefficient (Wildman–Crippen LogP) is 3.68.